The molecule has 0 unspecified atom stereocenters. The lowest BCUT2D eigenvalue weighted by Gasteiger charge is -2.32. The van der Waals surface area contributed by atoms with Gasteiger partial charge in [0, 0.05) is 11.6 Å². The number of aliphatic hydroxyl groups excluding tert-OH is 1. The van der Waals surface area contributed by atoms with Crippen molar-refractivity contribution in [1.29, 1.82) is 0 Å². The molecular formula is C12H17NO4. The smallest absolute Gasteiger partial charge is 0.200 e. The van der Waals surface area contributed by atoms with Crippen LogP contribution in [0.4, 0.5) is 0 Å². The van der Waals surface area contributed by atoms with E-state index in [1.54, 1.807) is 6.07 Å². The first kappa shape index (κ1) is 12.0. The summed E-state index contributed by atoms with van der Waals surface area (Å²) in [7, 11) is 0. The number of benzene rings is 1. The first-order valence-corrected chi connectivity index (χ1v) is 5.62. The highest BCUT2D eigenvalue weighted by Crippen LogP contribution is 2.43. The Hall–Kier alpha value is -1.46. The Morgan fingerprint density at radius 2 is 2.06 bits per heavy atom. The third-order valence-corrected chi connectivity index (χ3v) is 2.80. The van der Waals surface area contributed by atoms with E-state index >= 15 is 0 Å². The second kappa shape index (κ2) is 4.43. The molecule has 1 aliphatic rings. The quantitative estimate of drug-likeness (QED) is 0.576. The average molecular weight is 239 g/mol. The van der Waals surface area contributed by atoms with Crippen molar-refractivity contribution in [3.8, 4) is 17.2 Å². The van der Waals surface area contributed by atoms with Gasteiger partial charge in [0.25, 0.3) is 0 Å². The van der Waals surface area contributed by atoms with Gasteiger partial charge in [-0.05, 0) is 12.1 Å². The highest BCUT2D eigenvalue weighted by molar-refractivity contribution is 5.55. The zero-order valence-electron chi connectivity index (χ0n) is 9.84. The maximum absolute atomic E-state index is 10.2. The van der Waals surface area contributed by atoms with Crippen LogP contribution in [-0.2, 0) is 0 Å². The van der Waals surface area contributed by atoms with Gasteiger partial charge in [0.1, 0.15) is 12.7 Å². The van der Waals surface area contributed by atoms with Gasteiger partial charge in [-0.15, -0.1) is 0 Å². The van der Waals surface area contributed by atoms with Crippen LogP contribution in [0.1, 0.15) is 25.5 Å². The number of aliphatic hydroxyl groups is 1. The molecule has 1 heterocycles. The molecule has 5 heteroatoms. The molecule has 0 saturated carbocycles. The van der Waals surface area contributed by atoms with Crippen molar-refractivity contribution in [2.45, 2.75) is 32.0 Å². The number of phenolic OH excluding ortho intramolecular Hbond substituents is 2. The summed E-state index contributed by atoms with van der Waals surface area (Å²) < 4.78 is 5.39. The number of nitrogens with one attached hydrogen (secondary N) is 1. The van der Waals surface area contributed by atoms with Crippen molar-refractivity contribution in [1.82, 2.24) is 5.32 Å². The molecule has 4 N–H and O–H groups in total. The third kappa shape index (κ3) is 2.16. The van der Waals surface area contributed by atoms with Crippen LogP contribution in [0.3, 0.4) is 0 Å². The van der Waals surface area contributed by atoms with Gasteiger partial charge < -0.3 is 25.4 Å². The van der Waals surface area contributed by atoms with E-state index in [1.807, 2.05) is 13.8 Å². The Labute approximate surface area is 99.7 Å². The SMILES string of the molecule is CC(C)N[C@H]1COc2c(ccc(O)c2O)[C@H]1O. The lowest BCUT2D eigenvalue weighted by molar-refractivity contribution is 0.0674. The molecule has 1 aliphatic heterocycles. The fourth-order valence-corrected chi connectivity index (χ4v) is 2.01. The van der Waals surface area contributed by atoms with E-state index in [4.69, 9.17) is 4.74 Å². The van der Waals surface area contributed by atoms with E-state index in [0.29, 0.717) is 5.56 Å². The Bertz CT molecular complexity index is 419. The number of rotatable bonds is 2. The molecule has 94 valence electrons. The molecule has 0 aliphatic carbocycles. The molecule has 1 aromatic carbocycles. The van der Waals surface area contributed by atoms with E-state index in [2.05, 4.69) is 5.32 Å². The second-order valence-electron chi connectivity index (χ2n) is 4.54. The Kier molecular flexibility index (Phi) is 3.13. The van der Waals surface area contributed by atoms with Crippen LogP contribution < -0.4 is 10.1 Å². The van der Waals surface area contributed by atoms with Crippen LogP contribution in [0.5, 0.6) is 17.2 Å². The highest BCUT2D eigenvalue weighted by Gasteiger charge is 2.32. The normalized spacial score (nSPS) is 23.3. The van der Waals surface area contributed by atoms with E-state index in [-0.39, 0.29) is 35.9 Å². The number of hydrogen-bond donors (Lipinski definition) is 4. The minimum atomic E-state index is -0.757. The predicted octanol–water partition coefficient (Wildman–Crippen LogP) is 0.890. The summed E-state index contributed by atoms with van der Waals surface area (Å²) in [6.45, 7) is 4.22. The molecule has 0 aromatic heterocycles. The van der Waals surface area contributed by atoms with Crippen molar-refractivity contribution in [2.24, 2.45) is 0 Å². The Balaban J connectivity index is 2.30. The van der Waals surface area contributed by atoms with Gasteiger partial charge in [0.2, 0.25) is 5.75 Å². The van der Waals surface area contributed by atoms with Crippen molar-refractivity contribution in [2.75, 3.05) is 6.61 Å². The molecule has 0 saturated heterocycles. The first-order valence-electron chi connectivity index (χ1n) is 5.62. The van der Waals surface area contributed by atoms with Gasteiger partial charge in [-0.2, -0.15) is 0 Å². The van der Waals surface area contributed by atoms with Crippen LogP contribution in [-0.4, -0.2) is 34.0 Å². The fourth-order valence-electron chi connectivity index (χ4n) is 2.01. The van der Waals surface area contributed by atoms with Crippen molar-refractivity contribution < 1.29 is 20.1 Å². The summed E-state index contributed by atoms with van der Waals surface area (Å²) in [4.78, 5) is 0. The highest BCUT2D eigenvalue weighted by atomic mass is 16.5. The number of aromatic hydroxyl groups is 2. The summed E-state index contributed by atoms with van der Waals surface area (Å²) in [5.74, 6) is -0.393. The molecule has 0 amide bonds. The van der Waals surface area contributed by atoms with E-state index < -0.39 is 6.10 Å². The van der Waals surface area contributed by atoms with E-state index in [1.165, 1.54) is 6.07 Å². The summed E-state index contributed by atoms with van der Waals surface area (Å²) in [5, 5.41) is 32.3. The van der Waals surface area contributed by atoms with Gasteiger partial charge >= 0.3 is 0 Å². The maximum Gasteiger partial charge on any atom is 0.200 e. The largest absolute Gasteiger partial charge is 0.504 e. The van der Waals surface area contributed by atoms with Crippen LogP contribution >= 0.6 is 0 Å². The number of phenols is 2. The molecule has 17 heavy (non-hydrogen) atoms. The molecule has 2 atom stereocenters. The molecule has 0 spiro atoms. The van der Waals surface area contributed by atoms with Crippen molar-refractivity contribution >= 4 is 0 Å². The molecular weight excluding hydrogens is 222 g/mol. The van der Waals surface area contributed by atoms with Crippen LogP contribution in [0, 0.1) is 0 Å². The summed E-state index contributed by atoms with van der Waals surface area (Å²) >= 11 is 0. The molecule has 5 nitrogen and oxygen atoms in total. The Morgan fingerprint density at radius 3 is 2.71 bits per heavy atom. The number of ether oxygens (including phenoxy) is 1. The van der Waals surface area contributed by atoms with E-state index in [0.717, 1.165) is 0 Å². The standard InChI is InChI=1S/C12H17NO4/c1-6(2)13-8-5-17-12-7(10(8)15)3-4-9(14)11(12)16/h3-4,6,8,10,13-16H,5H2,1-2H3/t8-,10+/m0/s1. The second-order valence-corrected chi connectivity index (χ2v) is 4.54. The molecule has 0 bridgehead atoms. The minimum absolute atomic E-state index is 0.166. The van der Waals surface area contributed by atoms with Gasteiger partial charge in [-0.3, -0.25) is 0 Å². The number of hydrogen-bond acceptors (Lipinski definition) is 5. The molecule has 2 rings (SSSR count). The third-order valence-electron chi connectivity index (χ3n) is 2.80. The number of fused-ring (bicyclic) bond motifs is 1. The lowest BCUT2D eigenvalue weighted by Crippen LogP contribution is -2.45. The van der Waals surface area contributed by atoms with Crippen LogP contribution in [0.2, 0.25) is 0 Å². The summed E-state index contributed by atoms with van der Waals surface area (Å²) in [6.07, 6.45) is -0.757. The summed E-state index contributed by atoms with van der Waals surface area (Å²) in [6, 6.07) is 2.92. The van der Waals surface area contributed by atoms with E-state index in [9.17, 15) is 15.3 Å². The van der Waals surface area contributed by atoms with Crippen molar-refractivity contribution in [3.05, 3.63) is 17.7 Å². The first-order chi connectivity index (χ1) is 8.00. The topological polar surface area (TPSA) is 82.0 Å². The monoisotopic (exact) mass is 239 g/mol. The zero-order chi connectivity index (χ0) is 12.6. The van der Waals surface area contributed by atoms with Gasteiger partial charge in [0.15, 0.2) is 11.5 Å². The maximum atomic E-state index is 10.2. The average Bonchev–Trinajstić information content (AvgIpc) is 2.27. The van der Waals surface area contributed by atoms with Gasteiger partial charge in [-0.1, -0.05) is 13.8 Å². The Morgan fingerprint density at radius 1 is 1.35 bits per heavy atom. The molecule has 0 radical (unpaired) electrons. The van der Waals surface area contributed by atoms with Gasteiger partial charge in [0.05, 0.1) is 6.04 Å². The fraction of sp³-hybridized carbons (Fsp3) is 0.500. The van der Waals surface area contributed by atoms with Crippen molar-refractivity contribution in [3.63, 3.8) is 0 Å². The molecule has 0 fully saturated rings. The zero-order valence-corrected chi connectivity index (χ0v) is 9.84. The van der Waals surface area contributed by atoms with Crippen LogP contribution in [0.15, 0.2) is 12.1 Å². The molecule has 1 aromatic rings. The van der Waals surface area contributed by atoms with Gasteiger partial charge in [-0.25, -0.2) is 0 Å². The minimum Gasteiger partial charge on any atom is -0.504 e. The summed E-state index contributed by atoms with van der Waals surface area (Å²) in [5.41, 5.74) is 0.490. The lowest BCUT2D eigenvalue weighted by atomic mass is 9.98. The predicted molar refractivity (Wildman–Crippen MR) is 62.3 cm³/mol. The van der Waals surface area contributed by atoms with Crippen LogP contribution in [0.25, 0.3) is 0 Å².